The van der Waals surface area contributed by atoms with Crippen LogP contribution < -0.4 is 0 Å². The molecule has 0 radical (unpaired) electrons. The van der Waals surface area contributed by atoms with E-state index in [9.17, 15) is 4.79 Å². The highest BCUT2D eigenvalue weighted by molar-refractivity contribution is 7.99. The minimum absolute atomic E-state index is 0.114. The van der Waals surface area contributed by atoms with Crippen LogP contribution in [-0.4, -0.2) is 27.5 Å². The molecule has 0 saturated heterocycles. The minimum atomic E-state index is -0.509. The van der Waals surface area contributed by atoms with Gasteiger partial charge >= 0.3 is 5.97 Å². The largest absolute Gasteiger partial charge is 0.459 e. The third-order valence-electron chi connectivity index (χ3n) is 2.28. The van der Waals surface area contributed by atoms with Gasteiger partial charge in [0.05, 0.1) is 17.0 Å². The molecule has 0 amide bonds. The number of hydrogen-bond acceptors (Lipinski definition) is 6. The van der Waals surface area contributed by atoms with E-state index in [1.54, 1.807) is 6.92 Å². The van der Waals surface area contributed by atoms with Crippen LogP contribution in [0.15, 0.2) is 5.03 Å². The molecule has 0 N–H and O–H groups in total. The number of ether oxygens (including phenoxy) is 1. The van der Waals surface area contributed by atoms with Gasteiger partial charge in [-0.2, -0.15) is 10.4 Å². The molecule has 102 valence electrons. The summed E-state index contributed by atoms with van der Waals surface area (Å²) in [5.74, 6) is -0.218. The molecule has 1 rings (SSSR count). The lowest BCUT2D eigenvalue weighted by Gasteiger charge is -2.19. The van der Waals surface area contributed by atoms with E-state index in [0.717, 1.165) is 11.3 Å². The fraction of sp³-hybridized carbons (Fsp3) is 0.538. The summed E-state index contributed by atoms with van der Waals surface area (Å²) in [6.07, 6.45) is 0. The zero-order valence-corrected chi connectivity index (χ0v) is 12.6. The van der Waals surface area contributed by atoms with Gasteiger partial charge < -0.3 is 4.74 Å². The number of hydrogen-bond donors (Lipinski definition) is 0. The van der Waals surface area contributed by atoms with E-state index in [1.165, 1.54) is 11.8 Å². The molecule has 6 heteroatoms. The van der Waals surface area contributed by atoms with E-state index < -0.39 is 5.60 Å². The quantitative estimate of drug-likeness (QED) is 0.624. The van der Waals surface area contributed by atoms with Crippen LogP contribution in [0.2, 0.25) is 0 Å². The number of nitrogens with zero attached hydrogens (tertiary/aromatic N) is 3. The predicted octanol–water partition coefficient (Wildman–Crippen LogP) is 2.40. The van der Waals surface area contributed by atoms with E-state index in [0.29, 0.717) is 10.6 Å². The molecule has 0 saturated carbocycles. The van der Waals surface area contributed by atoms with Crippen LogP contribution in [0, 0.1) is 25.2 Å². The number of carbonyl (C=O) groups is 1. The third-order valence-corrected chi connectivity index (χ3v) is 3.22. The maximum atomic E-state index is 11.6. The number of carbonyl (C=O) groups excluding carboxylic acids is 1. The summed E-state index contributed by atoms with van der Waals surface area (Å²) in [6, 6.07) is 2.10. The first-order valence-corrected chi connectivity index (χ1v) is 6.82. The minimum Gasteiger partial charge on any atom is -0.459 e. The van der Waals surface area contributed by atoms with Crippen molar-refractivity contribution in [3.8, 4) is 6.07 Å². The average Bonchev–Trinajstić information content (AvgIpc) is 2.28. The van der Waals surface area contributed by atoms with Gasteiger partial charge in [-0.1, -0.05) is 11.8 Å². The summed E-state index contributed by atoms with van der Waals surface area (Å²) in [7, 11) is 0. The molecule has 1 aromatic rings. The highest BCUT2D eigenvalue weighted by Gasteiger charge is 2.18. The number of nitriles is 1. The van der Waals surface area contributed by atoms with Crippen molar-refractivity contribution in [1.29, 1.82) is 5.26 Å². The number of rotatable bonds is 3. The second-order valence-corrected chi connectivity index (χ2v) is 6.04. The maximum Gasteiger partial charge on any atom is 0.316 e. The number of aromatic nitrogens is 2. The molecular weight excluding hydrogens is 262 g/mol. The van der Waals surface area contributed by atoms with Crippen molar-refractivity contribution in [2.24, 2.45) is 0 Å². The van der Waals surface area contributed by atoms with Gasteiger partial charge in [0.25, 0.3) is 0 Å². The fourth-order valence-electron chi connectivity index (χ4n) is 1.32. The lowest BCUT2D eigenvalue weighted by atomic mass is 10.1. The van der Waals surface area contributed by atoms with Crippen LogP contribution in [0.3, 0.4) is 0 Å². The Bertz CT molecular complexity index is 530. The summed E-state index contributed by atoms with van der Waals surface area (Å²) in [5, 5.41) is 17.5. The molecule has 0 aliphatic rings. The first-order chi connectivity index (χ1) is 8.74. The van der Waals surface area contributed by atoms with E-state index in [-0.39, 0.29) is 11.7 Å². The van der Waals surface area contributed by atoms with Crippen LogP contribution in [-0.2, 0) is 9.53 Å². The van der Waals surface area contributed by atoms with Gasteiger partial charge in [-0.15, -0.1) is 5.10 Å². The van der Waals surface area contributed by atoms with Crippen LogP contribution >= 0.6 is 11.8 Å². The molecule has 0 aromatic carbocycles. The summed E-state index contributed by atoms with van der Waals surface area (Å²) < 4.78 is 5.20. The molecule has 0 aliphatic carbocycles. The van der Waals surface area contributed by atoms with Crippen molar-refractivity contribution < 1.29 is 9.53 Å². The first-order valence-electron chi connectivity index (χ1n) is 5.83. The Hall–Kier alpha value is -1.61. The second-order valence-electron chi connectivity index (χ2n) is 5.08. The Morgan fingerprint density at radius 3 is 2.53 bits per heavy atom. The average molecular weight is 279 g/mol. The van der Waals surface area contributed by atoms with Crippen molar-refractivity contribution >= 4 is 17.7 Å². The standard InChI is InChI=1S/C13H17N3O2S/c1-8-9(2)15-16-12(10(8)6-14)19-7-11(17)18-13(3,4)5/h7H2,1-5H3. The molecule has 1 heterocycles. The van der Waals surface area contributed by atoms with Crippen LogP contribution in [0.1, 0.15) is 37.6 Å². The predicted molar refractivity (Wildman–Crippen MR) is 72.8 cm³/mol. The molecule has 0 fully saturated rings. The van der Waals surface area contributed by atoms with Gasteiger partial charge in [0.2, 0.25) is 0 Å². The molecule has 0 spiro atoms. The van der Waals surface area contributed by atoms with E-state index >= 15 is 0 Å². The van der Waals surface area contributed by atoms with E-state index in [2.05, 4.69) is 16.3 Å². The number of thioether (sulfide) groups is 1. The van der Waals surface area contributed by atoms with E-state index in [4.69, 9.17) is 10.00 Å². The molecule has 19 heavy (non-hydrogen) atoms. The lowest BCUT2D eigenvalue weighted by Crippen LogP contribution is -2.25. The van der Waals surface area contributed by atoms with Crippen molar-refractivity contribution in [2.45, 2.75) is 45.2 Å². The first kappa shape index (κ1) is 15.4. The third kappa shape index (κ3) is 4.52. The van der Waals surface area contributed by atoms with Crippen LogP contribution in [0.5, 0.6) is 0 Å². The van der Waals surface area contributed by atoms with Crippen LogP contribution in [0.4, 0.5) is 0 Å². The monoisotopic (exact) mass is 279 g/mol. The second kappa shape index (κ2) is 6.02. The van der Waals surface area contributed by atoms with E-state index in [1.807, 2.05) is 27.7 Å². The SMILES string of the molecule is Cc1nnc(SCC(=O)OC(C)(C)C)c(C#N)c1C. The molecule has 1 aromatic heterocycles. The Morgan fingerprint density at radius 2 is 2.00 bits per heavy atom. The number of aryl methyl sites for hydroxylation is 1. The highest BCUT2D eigenvalue weighted by atomic mass is 32.2. The Kier molecular flexibility index (Phi) is 4.90. The summed E-state index contributed by atoms with van der Waals surface area (Å²) in [6.45, 7) is 9.05. The van der Waals surface area contributed by atoms with Crippen molar-refractivity contribution in [1.82, 2.24) is 10.2 Å². The summed E-state index contributed by atoms with van der Waals surface area (Å²) >= 11 is 1.17. The highest BCUT2D eigenvalue weighted by Crippen LogP contribution is 2.23. The van der Waals surface area contributed by atoms with Crippen LogP contribution in [0.25, 0.3) is 0 Å². The zero-order chi connectivity index (χ0) is 14.6. The molecule has 0 atom stereocenters. The topological polar surface area (TPSA) is 75.9 Å². The van der Waals surface area contributed by atoms with Gasteiger partial charge in [-0.3, -0.25) is 4.79 Å². The van der Waals surface area contributed by atoms with Crippen molar-refractivity contribution in [3.63, 3.8) is 0 Å². The molecular formula is C13H17N3O2S. The Morgan fingerprint density at radius 1 is 1.37 bits per heavy atom. The molecule has 5 nitrogen and oxygen atoms in total. The van der Waals surface area contributed by atoms with Gasteiger partial charge in [0.1, 0.15) is 16.7 Å². The summed E-state index contributed by atoms with van der Waals surface area (Å²) in [5.41, 5.74) is 1.48. The lowest BCUT2D eigenvalue weighted by molar-refractivity contribution is -0.151. The van der Waals surface area contributed by atoms with Crippen molar-refractivity contribution in [3.05, 3.63) is 16.8 Å². The maximum absolute atomic E-state index is 11.6. The Labute approximate surface area is 117 Å². The molecule has 0 unspecified atom stereocenters. The molecule has 0 bridgehead atoms. The van der Waals surface area contributed by atoms with Gasteiger partial charge in [0.15, 0.2) is 0 Å². The van der Waals surface area contributed by atoms with Gasteiger partial charge in [-0.25, -0.2) is 0 Å². The summed E-state index contributed by atoms with van der Waals surface area (Å²) in [4.78, 5) is 11.6. The number of esters is 1. The molecule has 0 aliphatic heterocycles. The van der Waals surface area contributed by atoms with Crippen molar-refractivity contribution in [2.75, 3.05) is 5.75 Å². The fourth-order valence-corrected chi connectivity index (χ4v) is 2.07. The Balaban J connectivity index is 2.77. The zero-order valence-electron chi connectivity index (χ0n) is 11.8. The smallest absolute Gasteiger partial charge is 0.316 e. The normalized spacial score (nSPS) is 10.9. The van der Waals surface area contributed by atoms with Gasteiger partial charge in [0, 0.05) is 0 Å². The van der Waals surface area contributed by atoms with Gasteiger partial charge in [-0.05, 0) is 40.2 Å².